The molecule has 2 heterocycles. The largest absolute Gasteiger partial charge is 0.361 e. The number of para-hydroxylation sites is 1. The first-order valence-electron chi connectivity index (χ1n) is 5.90. The Morgan fingerprint density at radius 1 is 1.21 bits per heavy atom. The maximum Gasteiger partial charge on any atom is 0.257 e. The molecule has 3 aromatic rings. The second-order valence-electron chi connectivity index (χ2n) is 4.22. The number of carbonyl (C=O) groups excluding carboxylic acids is 1. The van der Waals surface area contributed by atoms with Crippen LogP contribution >= 0.6 is 0 Å². The number of benzene rings is 1. The summed E-state index contributed by atoms with van der Waals surface area (Å²) in [7, 11) is 0. The summed E-state index contributed by atoms with van der Waals surface area (Å²) >= 11 is 0. The third-order valence-electron chi connectivity index (χ3n) is 2.87. The van der Waals surface area contributed by atoms with Crippen LogP contribution in [0.15, 0.2) is 42.9 Å². The van der Waals surface area contributed by atoms with E-state index in [9.17, 15) is 4.79 Å². The molecule has 0 saturated carbocycles. The zero-order valence-electron chi connectivity index (χ0n) is 10.3. The van der Waals surface area contributed by atoms with Gasteiger partial charge in [-0.2, -0.15) is 0 Å². The molecule has 0 unspecified atom stereocenters. The molecule has 0 radical (unpaired) electrons. The van der Waals surface area contributed by atoms with E-state index in [0.29, 0.717) is 17.1 Å². The van der Waals surface area contributed by atoms with E-state index in [2.05, 4.69) is 20.3 Å². The molecule has 2 aromatic heterocycles. The molecular formula is C14H12N4O. The Morgan fingerprint density at radius 3 is 2.79 bits per heavy atom. The zero-order valence-corrected chi connectivity index (χ0v) is 10.3. The predicted molar refractivity (Wildman–Crippen MR) is 73.0 cm³/mol. The molecule has 0 bridgehead atoms. The van der Waals surface area contributed by atoms with Gasteiger partial charge < -0.3 is 10.3 Å². The number of carbonyl (C=O) groups is 1. The second-order valence-corrected chi connectivity index (χ2v) is 4.22. The van der Waals surface area contributed by atoms with Crippen LogP contribution in [-0.2, 0) is 0 Å². The molecule has 0 aliphatic rings. The highest BCUT2D eigenvalue weighted by atomic mass is 16.1. The Kier molecular flexibility index (Phi) is 2.72. The van der Waals surface area contributed by atoms with Crippen molar-refractivity contribution in [3.8, 4) is 0 Å². The van der Waals surface area contributed by atoms with Crippen molar-refractivity contribution < 1.29 is 4.79 Å². The molecule has 1 amide bonds. The summed E-state index contributed by atoms with van der Waals surface area (Å²) in [4.78, 5) is 23.4. The lowest BCUT2D eigenvalue weighted by Crippen LogP contribution is -2.13. The monoisotopic (exact) mass is 252 g/mol. The van der Waals surface area contributed by atoms with E-state index in [1.807, 2.05) is 24.4 Å². The summed E-state index contributed by atoms with van der Waals surface area (Å²) < 4.78 is 0. The molecule has 0 atom stereocenters. The molecule has 94 valence electrons. The first-order valence-corrected chi connectivity index (χ1v) is 5.90. The summed E-state index contributed by atoms with van der Waals surface area (Å²) in [5.41, 5.74) is 2.01. The molecule has 0 aliphatic carbocycles. The number of H-pyrrole nitrogens is 1. The van der Waals surface area contributed by atoms with Crippen LogP contribution < -0.4 is 5.32 Å². The number of nitrogens with zero attached hydrogens (tertiary/aromatic N) is 2. The second kappa shape index (κ2) is 4.53. The van der Waals surface area contributed by atoms with Crippen LogP contribution in [0, 0.1) is 6.92 Å². The number of hydrogen-bond donors (Lipinski definition) is 2. The number of nitrogens with one attached hydrogen (secondary N) is 2. The summed E-state index contributed by atoms with van der Waals surface area (Å²) in [6.45, 7) is 1.80. The van der Waals surface area contributed by atoms with Gasteiger partial charge in [-0.25, -0.2) is 9.97 Å². The van der Waals surface area contributed by atoms with Crippen molar-refractivity contribution in [2.45, 2.75) is 6.92 Å². The summed E-state index contributed by atoms with van der Waals surface area (Å²) in [6, 6.07) is 7.53. The van der Waals surface area contributed by atoms with E-state index >= 15 is 0 Å². The average Bonchev–Trinajstić information content (AvgIpc) is 2.89. The van der Waals surface area contributed by atoms with Gasteiger partial charge in [0.05, 0.1) is 29.2 Å². The number of anilines is 1. The van der Waals surface area contributed by atoms with Crippen LogP contribution in [-0.4, -0.2) is 20.9 Å². The van der Waals surface area contributed by atoms with Crippen molar-refractivity contribution in [3.05, 3.63) is 54.2 Å². The first-order chi connectivity index (χ1) is 9.24. The third kappa shape index (κ3) is 2.18. The first kappa shape index (κ1) is 11.4. The predicted octanol–water partition coefficient (Wildman–Crippen LogP) is 2.52. The molecule has 1 aromatic carbocycles. The van der Waals surface area contributed by atoms with Crippen molar-refractivity contribution in [1.82, 2.24) is 15.0 Å². The molecule has 5 nitrogen and oxygen atoms in total. The van der Waals surface area contributed by atoms with Gasteiger partial charge in [-0.05, 0) is 19.1 Å². The quantitative estimate of drug-likeness (QED) is 0.736. The van der Waals surface area contributed by atoms with E-state index in [4.69, 9.17) is 0 Å². The highest BCUT2D eigenvalue weighted by Gasteiger charge is 2.11. The van der Waals surface area contributed by atoms with Gasteiger partial charge in [0, 0.05) is 11.6 Å². The van der Waals surface area contributed by atoms with Crippen molar-refractivity contribution in [2.24, 2.45) is 0 Å². The summed E-state index contributed by atoms with van der Waals surface area (Å²) in [5, 5.41) is 3.79. The van der Waals surface area contributed by atoms with Crippen LogP contribution in [0.2, 0.25) is 0 Å². The molecular weight excluding hydrogens is 240 g/mol. The van der Waals surface area contributed by atoms with E-state index < -0.39 is 0 Å². The number of amides is 1. The maximum atomic E-state index is 12.2. The fourth-order valence-electron chi connectivity index (χ4n) is 1.93. The van der Waals surface area contributed by atoms with Gasteiger partial charge in [0.1, 0.15) is 5.82 Å². The van der Waals surface area contributed by atoms with Gasteiger partial charge in [-0.1, -0.05) is 12.1 Å². The minimum Gasteiger partial charge on any atom is -0.361 e. The molecule has 0 spiro atoms. The van der Waals surface area contributed by atoms with E-state index in [1.54, 1.807) is 25.4 Å². The van der Waals surface area contributed by atoms with Crippen molar-refractivity contribution >= 4 is 22.5 Å². The SMILES string of the molecule is Cc1ncc(NC(=O)c2cccc3cc[nH]c23)cn1. The molecule has 0 fully saturated rings. The van der Waals surface area contributed by atoms with E-state index in [0.717, 1.165) is 10.9 Å². The lowest BCUT2D eigenvalue weighted by atomic mass is 10.1. The molecule has 19 heavy (non-hydrogen) atoms. The van der Waals surface area contributed by atoms with Crippen molar-refractivity contribution in [3.63, 3.8) is 0 Å². The molecule has 5 heteroatoms. The third-order valence-corrected chi connectivity index (χ3v) is 2.87. The molecule has 0 aliphatic heterocycles. The number of hydrogen-bond acceptors (Lipinski definition) is 3. The minimum absolute atomic E-state index is 0.180. The Morgan fingerprint density at radius 2 is 2.00 bits per heavy atom. The maximum absolute atomic E-state index is 12.2. The van der Waals surface area contributed by atoms with Crippen LogP contribution in [0.25, 0.3) is 10.9 Å². The molecule has 0 saturated heterocycles. The van der Waals surface area contributed by atoms with Crippen LogP contribution in [0.3, 0.4) is 0 Å². The number of rotatable bonds is 2. The summed E-state index contributed by atoms with van der Waals surface area (Å²) in [6.07, 6.45) is 5.00. The van der Waals surface area contributed by atoms with Gasteiger partial charge in [0.15, 0.2) is 0 Å². The topological polar surface area (TPSA) is 70.7 Å². The Bertz CT molecular complexity index is 731. The molecule has 3 rings (SSSR count). The Hall–Kier alpha value is -2.69. The zero-order chi connectivity index (χ0) is 13.2. The van der Waals surface area contributed by atoms with Crippen LogP contribution in [0.4, 0.5) is 5.69 Å². The number of aryl methyl sites for hydroxylation is 1. The lowest BCUT2D eigenvalue weighted by molar-refractivity contribution is 0.102. The Balaban J connectivity index is 1.92. The highest BCUT2D eigenvalue weighted by Crippen LogP contribution is 2.18. The van der Waals surface area contributed by atoms with Gasteiger partial charge in [-0.3, -0.25) is 4.79 Å². The van der Waals surface area contributed by atoms with Crippen molar-refractivity contribution in [2.75, 3.05) is 5.32 Å². The van der Waals surface area contributed by atoms with Gasteiger partial charge in [-0.15, -0.1) is 0 Å². The Labute approximate surface area is 109 Å². The van der Waals surface area contributed by atoms with Crippen LogP contribution in [0.1, 0.15) is 16.2 Å². The van der Waals surface area contributed by atoms with E-state index in [1.165, 1.54) is 0 Å². The normalized spacial score (nSPS) is 10.6. The fourth-order valence-corrected chi connectivity index (χ4v) is 1.93. The van der Waals surface area contributed by atoms with Gasteiger partial charge >= 0.3 is 0 Å². The minimum atomic E-state index is -0.180. The van der Waals surface area contributed by atoms with E-state index in [-0.39, 0.29) is 5.91 Å². The number of fused-ring (bicyclic) bond motifs is 1. The average molecular weight is 252 g/mol. The smallest absolute Gasteiger partial charge is 0.257 e. The highest BCUT2D eigenvalue weighted by molar-refractivity contribution is 6.11. The van der Waals surface area contributed by atoms with Gasteiger partial charge in [0.25, 0.3) is 5.91 Å². The number of aromatic amines is 1. The van der Waals surface area contributed by atoms with Gasteiger partial charge in [0.2, 0.25) is 0 Å². The fraction of sp³-hybridized carbons (Fsp3) is 0.0714. The standard InChI is InChI=1S/C14H12N4O/c1-9-16-7-11(8-17-9)18-14(19)12-4-2-3-10-5-6-15-13(10)12/h2-8,15H,1H3,(H,18,19). The van der Waals surface area contributed by atoms with Crippen LogP contribution in [0.5, 0.6) is 0 Å². The van der Waals surface area contributed by atoms with Crippen molar-refractivity contribution in [1.29, 1.82) is 0 Å². The summed E-state index contributed by atoms with van der Waals surface area (Å²) in [5.74, 6) is 0.491. The molecule has 2 N–H and O–H groups in total. The lowest BCUT2D eigenvalue weighted by Gasteiger charge is -2.05. The number of aromatic nitrogens is 3.